The van der Waals surface area contributed by atoms with E-state index < -0.39 is 10.0 Å². The van der Waals surface area contributed by atoms with Gasteiger partial charge in [-0.3, -0.25) is 0 Å². The Balaban J connectivity index is 2.14. The molecule has 1 aromatic heterocycles. The first-order valence-corrected chi connectivity index (χ1v) is 9.04. The Labute approximate surface area is 130 Å². The van der Waals surface area contributed by atoms with Crippen molar-refractivity contribution in [1.82, 2.24) is 4.72 Å². The monoisotopic (exact) mass is 324 g/mol. The van der Waals surface area contributed by atoms with Gasteiger partial charge >= 0.3 is 0 Å². The normalized spacial score (nSPS) is 12.5. The van der Waals surface area contributed by atoms with Crippen molar-refractivity contribution >= 4 is 21.4 Å². The Kier molecular flexibility index (Phi) is 4.83. The number of hydrogen-bond acceptors (Lipinski definition) is 4. The van der Waals surface area contributed by atoms with Crippen molar-refractivity contribution in [2.45, 2.75) is 30.0 Å². The van der Waals surface area contributed by atoms with Crippen molar-refractivity contribution < 1.29 is 8.42 Å². The van der Waals surface area contributed by atoms with Gasteiger partial charge in [0.25, 0.3) is 0 Å². The van der Waals surface area contributed by atoms with Gasteiger partial charge in [-0.1, -0.05) is 44.2 Å². The van der Waals surface area contributed by atoms with Gasteiger partial charge in [0.15, 0.2) is 0 Å². The molecule has 2 rings (SSSR count). The fraction of sp³-hybridized carbons (Fsp3) is 0.333. The predicted molar refractivity (Wildman–Crippen MR) is 86.9 cm³/mol. The second-order valence-electron chi connectivity index (χ2n) is 5.55. The molecule has 0 saturated carbocycles. The third-order valence-electron chi connectivity index (χ3n) is 3.41. The molecular formula is C15H20N2O2S2. The Morgan fingerprint density at radius 2 is 2.00 bits per heavy atom. The van der Waals surface area contributed by atoms with E-state index in [1.54, 1.807) is 17.5 Å². The van der Waals surface area contributed by atoms with E-state index in [-0.39, 0.29) is 5.41 Å². The summed E-state index contributed by atoms with van der Waals surface area (Å²) in [6.45, 7) is 4.84. The zero-order valence-electron chi connectivity index (χ0n) is 12.2. The Morgan fingerprint density at radius 3 is 2.62 bits per heavy atom. The van der Waals surface area contributed by atoms with Gasteiger partial charge < -0.3 is 5.73 Å². The van der Waals surface area contributed by atoms with Crippen molar-refractivity contribution in [2.75, 3.05) is 6.54 Å². The molecule has 1 heterocycles. The molecule has 0 fully saturated rings. The summed E-state index contributed by atoms with van der Waals surface area (Å²) in [5.74, 6) is 0. The summed E-state index contributed by atoms with van der Waals surface area (Å²) in [6.07, 6.45) is 0. The summed E-state index contributed by atoms with van der Waals surface area (Å²) >= 11 is 1.22. The first-order chi connectivity index (χ1) is 9.85. The minimum Gasteiger partial charge on any atom is -0.326 e. The van der Waals surface area contributed by atoms with Crippen LogP contribution in [0.5, 0.6) is 0 Å². The fourth-order valence-corrected chi connectivity index (χ4v) is 4.23. The van der Waals surface area contributed by atoms with Gasteiger partial charge in [0.05, 0.1) is 0 Å². The lowest BCUT2D eigenvalue weighted by Gasteiger charge is -2.26. The van der Waals surface area contributed by atoms with Crippen LogP contribution in [0, 0.1) is 0 Å². The van der Waals surface area contributed by atoms with E-state index >= 15 is 0 Å². The van der Waals surface area contributed by atoms with Gasteiger partial charge in [-0.15, -0.1) is 11.3 Å². The Hall–Kier alpha value is -1.21. The van der Waals surface area contributed by atoms with Crippen LogP contribution in [-0.2, 0) is 22.0 Å². The first-order valence-electron chi connectivity index (χ1n) is 6.68. The molecule has 4 nitrogen and oxygen atoms in total. The van der Waals surface area contributed by atoms with Crippen LogP contribution in [-0.4, -0.2) is 15.0 Å². The lowest BCUT2D eigenvalue weighted by atomic mass is 9.84. The van der Waals surface area contributed by atoms with Crippen LogP contribution in [0.4, 0.5) is 0 Å². The Morgan fingerprint density at radius 1 is 1.24 bits per heavy atom. The lowest BCUT2D eigenvalue weighted by molar-refractivity contribution is 0.502. The number of hydrogen-bond donors (Lipinski definition) is 2. The number of thiophene rings is 1. The molecule has 0 bridgehead atoms. The molecule has 0 atom stereocenters. The topological polar surface area (TPSA) is 72.2 Å². The highest BCUT2D eigenvalue weighted by Crippen LogP contribution is 2.24. The summed E-state index contributed by atoms with van der Waals surface area (Å²) in [5, 5.41) is 1.75. The van der Waals surface area contributed by atoms with E-state index in [9.17, 15) is 8.42 Å². The smallest absolute Gasteiger partial charge is 0.250 e. The number of nitrogens with two attached hydrogens (primary N) is 1. The van der Waals surface area contributed by atoms with Crippen LogP contribution < -0.4 is 10.5 Å². The summed E-state index contributed by atoms with van der Waals surface area (Å²) < 4.78 is 27.4. The van der Waals surface area contributed by atoms with Crippen LogP contribution in [0.2, 0.25) is 0 Å². The molecule has 114 valence electrons. The van der Waals surface area contributed by atoms with E-state index in [1.807, 2.05) is 38.1 Å². The minimum atomic E-state index is -3.43. The predicted octanol–water partition coefficient (Wildman–Crippen LogP) is 2.46. The zero-order chi connectivity index (χ0) is 15.5. The van der Waals surface area contributed by atoms with Gasteiger partial charge in [-0.25, -0.2) is 13.1 Å². The molecule has 0 unspecified atom stereocenters. The van der Waals surface area contributed by atoms with Gasteiger partial charge in [-0.05, 0) is 22.6 Å². The van der Waals surface area contributed by atoms with E-state index in [2.05, 4.69) is 4.72 Å². The minimum absolute atomic E-state index is 0.310. The molecule has 0 aliphatic rings. The fourth-order valence-electron chi connectivity index (χ4n) is 1.98. The van der Waals surface area contributed by atoms with E-state index in [4.69, 9.17) is 5.73 Å². The van der Waals surface area contributed by atoms with E-state index in [1.165, 1.54) is 11.3 Å². The summed E-state index contributed by atoms with van der Waals surface area (Å²) in [5.41, 5.74) is 7.46. The molecule has 21 heavy (non-hydrogen) atoms. The SMILES string of the molecule is CC(C)(CNS(=O)(=O)c1cccs1)c1cccc(CN)c1. The largest absolute Gasteiger partial charge is 0.326 e. The van der Waals surface area contributed by atoms with Gasteiger partial charge in [0.2, 0.25) is 10.0 Å². The number of sulfonamides is 1. The van der Waals surface area contributed by atoms with Gasteiger partial charge in [0, 0.05) is 18.5 Å². The average Bonchev–Trinajstić information content (AvgIpc) is 3.01. The molecule has 6 heteroatoms. The van der Waals surface area contributed by atoms with Crippen molar-refractivity contribution in [1.29, 1.82) is 0 Å². The highest BCUT2D eigenvalue weighted by Gasteiger charge is 2.24. The highest BCUT2D eigenvalue weighted by atomic mass is 32.2. The first kappa shape index (κ1) is 16.2. The number of benzene rings is 1. The molecule has 1 aromatic carbocycles. The summed E-state index contributed by atoms with van der Waals surface area (Å²) in [7, 11) is -3.43. The van der Waals surface area contributed by atoms with Crippen molar-refractivity contribution in [3.63, 3.8) is 0 Å². The van der Waals surface area contributed by atoms with Crippen LogP contribution in [0.1, 0.15) is 25.0 Å². The molecular weight excluding hydrogens is 304 g/mol. The van der Waals surface area contributed by atoms with Crippen LogP contribution in [0.25, 0.3) is 0 Å². The Bertz CT molecular complexity index is 692. The van der Waals surface area contributed by atoms with Crippen LogP contribution in [0.3, 0.4) is 0 Å². The lowest BCUT2D eigenvalue weighted by Crippen LogP contribution is -2.36. The third-order valence-corrected chi connectivity index (χ3v) is 6.21. The molecule has 0 aliphatic heterocycles. The van der Waals surface area contributed by atoms with Crippen molar-refractivity contribution in [3.8, 4) is 0 Å². The molecule has 3 N–H and O–H groups in total. The van der Waals surface area contributed by atoms with Crippen LogP contribution >= 0.6 is 11.3 Å². The molecule has 0 radical (unpaired) electrons. The van der Waals surface area contributed by atoms with E-state index in [0.717, 1.165) is 11.1 Å². The molecule has 0 spiro atoms. The second kappa shape index (κ2) is 6.27. The zero-order valence-corrected chi connectivity index (χ0v) is 13.8. The van der Waals surface area contributed by atoms with E-state index in [0.29, 0.717) is 17.3 Å². The molecule has 2 aromatic rings. The summed E-state index contributed by atoms with van der Waals surface area (Å²) in [4.78, 5) is 0. The van der Waals surface area contributed by atoms with Crippen molar-refractivity contribution in [2.24, 2.45) is 5.73 Å². The second-order valence-corrected chi connectivity index (χ2v) is 8.49. The van der Waals surface area contributed by atoms with Gasteiger partial charge in [0.1, 0.15) is 4.21 Å². The maximum Gasteiger partial charge on any atom is 0.250 e. The molecule has 0 aliphatic carbocycles. The number of rotatable bonds is 6. The highest BCUT2D eigenvalue weighted by molar-refractivity contribution is 7.91. The maximum absolute atomic E-state index is 12.2. The average molecular weight is 324 g/mol. The van der Waals surface area contributed by atoms with Crippen LogP contribution in [0.15, 0.2) is 46.0 Å². The van der Waals surface area contributed by atoms with Gasteiger partial charge in [-0.2, -0.15) is 0 Å². The maximum atomic E-state index is 12.2. The third kappa shape index (κ3) is 3.91. The summed E-state index contributed by atoms with van der Waals surface area (Å²) in [6, 6.07) is 11.3. The molecule has 0 amide bonds. The quantitative estimate of drug-likeness (QED) is 0.857. The molecule has 0 saturated heterocycles. The number of nitrogens with one attached hydrogen (secondary N) is 1. The van der Waals surface area contributed by atoms with Crippen molar-refractivity contribution in [3.05, 3.63) is 52.9 Å². The standard InChI is InChI=1S/C15H20N2O2S2/c1-15(2,13-6-3-5-12(9-13)10-16)11-17-21(18,19)14-7-4-8-20-14/h3-9,17H,10-11,16H2,1-2H3.